The molecule has 3 nitrogen and oxygen atoms in total. The minimum Gasteiger partial charge on any atom is -0.481 e. The average Bonchev–Trinajstić information content (AvgIpc) is 2.36. The number of carboxylic acid groups (broad SMARTS) is 1. The summed E-state index contributed by atoms with van der Waals surface area (Å²) in [5.41, 5.74) is -0.900. The molecule has 21 heavy (non-hydrogen) atoms. The Morgan fingerprint density at radius 3 is 2.52 bits per heavy atom. The maximum atomic E-state index is 14.0. The van der Waals surface area contributed by atoms with Gasteiger partial charge in [-0.05, 0) is 31.2 Å². The lowest BCUT2D eigenvalue weighted by atomic mass is 9.84. The number of nitrogens with zero attached hydrogens (tertiary/aromatic N) is 1. The van der Waals surface area contributed by atoms with Gasteiger partial charge in [0, 0.05) is 19.0 Å². The van der Waals surface area contributed by atoms with Crippen molar-refractivity contribution in [3.8, 4) is 0 Å². The van der Waals surface area contributed by atoms with Crippen LogP contribution in [0.1, 0.15) is 23.5 Å². The summed E-state index contributed by atoms with van der Waals surface area (Å²) in [4.78, 5) is 12.8. The van der Waals surface area contributed by atoms with Gasteiger partial charge in [-0.3, -0.25) is 4.79 Å². The van der Waals surface area contributed by atoms with E-state index in [2.05, 4.69) is 0 Å². The fraction of sp³-hybridized carbons (Fsp3) is 0.500. The smallest absolute Gasteiger partial charge is 0.416 e. The Bertz CT molecular complexity index is 544. The first kappa shape index (κ1) is 15.8. The van der Waals surface area contributed by atoms with Gasteiger partial charge in [0.1, 0.15) is 5.82 Å². The van der Waals surface area contributed by atoms with Crippen molar-refractivity contribution in [2.45, 2.75) is 18.5 Å². The van der Waals surface area contributed by atoms with Crippen LogP contribution >= 0.6 is 0 Å². The SMILES string of the molecule is CN1CC(C(=O)O)CC(c2ccc(C(F)(F)F)cc2F)C1. The minimum atomic E-state index is -4.59. The van der Waals surface area contributed by atoms with Gasteiger partial charge in [-0.1, -0.05) is 6.07 Å². The topological polar surface area (TPSA) is 40.5 Å². The third kappa shape index (κ3) is 3.53. The molecule has 0 saturated carbocycles. The molecule has 0 amide bonds. The van der Waals surface area contributed by atoms with Crippen molar-refractivity contribution in [1.82, 2.24) is 4.90 Å². The highest BCUT2D eigenvalue weighted by atomic mass is 19.4. The molecule has 0 aliphatic carbocycles. The van der Waals surface area contributed by atoms with Crippen molar-refractivity contribution < 1.29 is 27.5 Å². The molecule has 1 aliphatic heterocycles. The van der Waals surface area contributed by atoms with E-state index in [9.17, 15) is 22.4 Å². The van der Waals surface area contributed by atoms with E-state index < -0.39 is 35.4 Å². The Labute approximate surface area is 119 Å². The highest BCUT2D eigenvalue weighted by Gasteiger charge is 2.34. The van der Waals surface area contributed by atoms with Gasteiger partial charge in [0.05, 0.1) is 11.5 Å². The first-order chi connectivity index (χ1) is 9.68. The number of hydrogen-bond donors (Lipinski definition) is 1. The molecule has 7 heteroatoms. The van der Waals surface area contributed by atoms with Gasteiger partial charge in [-0.25, -0.2) is 4.39 Å². The molecule has 1 aromatic rings. The molecule has 0 aromatic heterocycles. The van der Waals surface area contributed by atoms with E-state index in [0.717, 1.165) is 12.1 Å². The number of rotatable bonds is 2. The summed E-state index contributed by atoms with van der Waals surface area (Å²) in [6.45, 7) is 0.778. The molecule has 0 bridgehead atoms. The summed E-state index contributed by atoms with van der Waals surface area (Å²) in [5, 5.41) is 9.07. The Kier molecular flexibility index (Phi) is 4.22. The summed E-state index contributed by atoms with van der Waals surface area (Å²) in [6, 6.07) is 2.42. The maximum Gasteiger partial charge on any atom is 0.416 e. The zero-order valence-corrected chi connectivity index (χ0v) is 11.3. The lowest BCUT2D eigenvalue weighted by Crippen LogP contribution is -2.40. The molecule has 1 fully saturated rings. The Morgan fingerprint density at radius 2 is 2.00 bits per heavy atom. The van der Waals surface area contributed by atoms with E-state index in [1.165, 1.54) is 0 Å². The summed E-state index contributed by atoms with van der Waals surface area (Å²) in [5.74, 6) is -2.98. The number of benzene rings is 1. The van der Waals surface area contributed by atoms with Crippen molar-refractivity contribution in [3.05, 3.63) is 35.1 Å². The molecule has 116 valence electrons. The third-order valence-corrected chi connectivity index (χ3v) is 3.75. The predicted octanol–water partition coefficient (Wildman–Crippen LogP) is 2.96. The molecule has 0 radical (unpaired) electrons. The fourth-order valence-electron chi connectivity index (χ4n) is 2.76. The third-order valence-electron chi connectivity index (χ3n) is 3.75. The second-order valence-electron chi connectivity index (χ2n) is 5.42. The first-order valence-electron chi connectivity index (χ1n) is 6.46. The standard InChI is InChI=1S/C14H15F4NO2/c1-19-6-8(4-9(7-19)13(20)21)11-3-2-10(5-12(11)15)14(16,17)18/h2-3,5,8-9H,4,6-7H2,1H3,(H,20,21). The number of hydrogen-bond acceptors (Lipinski definition) is 2. The Hall–Kier alpha value is -1.63. The normalized spacial score (nSPS) is 24.0. The molecular formula is C14H15F4NO2. The zero-order chi connectivity index (χ0) is 15.8. The highest BCUT2D eigenvalue weighted by Crippen LogP contribution is 2.35. The van der Waals surface area contributed by atoms with E-state index in [0.29, 0.717) is 19.2 Å². The monoisotopic (exact) mass is 305 g/mol. The summed E-state index contributed by atoms with van der Waals surface area (Å²) in [7, 11) is 1.71. The summed E-state index contributed by atoms with van der Waals surface area (Å²) < 4.78 is 51.5. The number of piperidine rings is 1. The molecule has 2 atom stereocenters. The largest absolute Gasteiger partial charge is 0.481 e. The molecule has 2 unspecified atom stereocenters. The Balaban J connectivity index is 2.27. The van der Waals surface area contributed by atoms with Crippen molar-refractivity contribution in [2.24, 2.45) is 5.92 Å². The van der Waals surface area contributed by atoms with Crippen LogP contribution in [0.25, 0.3) is 0 Å². The predicted molar refractivity (Wildman–Crippen MR) is 67.4 cm³/mol. The van der Waals surface area contributed by atoms with Crippen molar-refractivity contribution >= 4 is 5.97 Å². The van der Waals surface area contributed by atoms with E-state index in [-0.39, 0.29) is 12.0 Å². The fourth-order valence-corrected chi connectivity index (χ4v) is 2.76. The van der Waals surface area contributed by atoms with Crippen LogP contribution < -0.4 is 0 Å². The molecule has 1 heterocycles. The quantitative estimate of drug-likeness (QED) is 0.854. The number of halogens is 4. The van der Waals surface area contributed by atoms with Gasteiger partial charge < -0.3 is 10.0 Å². The van der Waals surface area contributed by atoms with E-state index in [1.54, 1.807) is 11.9 Å². The highest BCUT2D eigenvalue weighted by molar-refractivity contribution is 5.70. The lowest BCUT2D eigenvalue weighted by molar-refractivity contribution is -0.143. The molecule has 1 aromatic carbocycles. The molecule has 1 aliphatic rings. The number of likely N-dealkylation sites (N-methyl/N-ethyl adjacent to an activating group) is 1. The zero-order valence-electron chi connectivity index (χ0n) is 11.3. The van der Waals surface area contributed by atoms with Crippen LogP contribution in [0.5, 0.6) is 0 Å². The van der Waals surface area contributed by atoms with Gasteiger partial charge in [0.25, 0.3) is 0 Å². The van der Waals surface area contributed by atoms with E-state index in [1.807, 2.05) is 0 Å². The van der Waals surface area contributed by atoms with Crippen LogP contribution in [0, 0.1) is 11.7 Å². The van der Waals surface area contributed by atoms with Crippen LogP contribution in [0.2, 0.25) is 0 Å². The van der Waals surface area contributed by atoms with Gasteiger partial charge in [-0.2, -0.15) is 13.2 Å². The summed E-state index contributed by atoms with van der Waals surface area (Å²) >= 11 is 0. The number of likely N-dealkylation sites (tertiary alicyclic amines) is 1. The number of alkyl halides is 3. The second kappa shape index (κ2) is 5.63. The van der Waals surface area contributed by atoms with Crippen molar-refractivity contribution in [2.75, 3.05) is 20.1 Å². The van der Waals surface area contributed by atoms with Crippen LogP contribution in [0.4, 0.5) is 17.6 Å². The van der Waals surface area contributed by atoms with Crippen molar-refractivity contribution in [3.63, 3.8) is 0 Å². The van der Waals surface area contributed by atoms with Gasteiger partial charge in [0.15, 0.2) is 0 Å². The number of aliphatic carboxylic acids is 1. The Morgan fingerprint density at radius 1 is 1.33 bits per heavy atom. The van der Waals surface area contributed by atoms with Crippen LogP contribution in [-0.2, 0) is 11.0 Å². The second-order valence-corrected chi connectivity index (χ2v) is 5.42. The van der Waals surface area contributed by atoms with Crippen molar-refractivity contribution in [1.29, 1.82) is 0 Å². The first-order valence-corrected chi connectivity index (χ1v) is 6.46. The number of carboxylic acids is 1. The minimum absolute atomic E-state index is 0.140. The van der Waals surface area contributed by atoms with Crippen LogP contribution in [-0.4, -0.2) is 36.1 Å². The molecular weight excluding hydrogens is 290 g/mol. The molecule has 2 rings (SSSR count). The molecule has 1 saturated heterocycles. The van der Waals surface area contributed by atoms with Gasteiger partial charge >= 0.3 is 12.1 Å². The van der Waals surface area contributed by atoms with Crippen LogP contribution in [0.15, 0.2) is 18.2 Å². The molecule has 1 N–H and O–H groups in total. The van der Waals surface area contributed by atoms with Gasteiger partial charge in [0.2, 0.25) is 0 Å². The maximum absolute atomic E-state index is 14.0. The van der Waals surface area contributed by atoms with E-state index in [4.69, 9.17) is 5.11 Å². The van der Waals surface area contributed by atoms with E-state index >= 15 is 0 Å². The molecule has 0 spiro atoms. The lowest BCUT2D eigenvalue weighted by Gasteiger charge is -2.34. The summed E-state index contributed by atoms with van der Waals surface area (Å²) in [6.07, 6.45) is -4.37. The van der Waals surface area contributed by atoms with Gasteiger partial charge in [-0.15, -0.1) is 0 Å². The number of carbonyl (C=O) groups is 1. The average molecular weight is 305 g/mol. The van der Waals surface area contributed by atoms with Crippen LogP contribution in [0.3, 0.4) is 0 Å².